The third-order valence-electron chi connectivity index (χ3n) is 10.8. The van der Waals surface area contributed by atoms with Gasteiger partial charge in [-0.25, -0.2) is 0 Å². The van der Waals surface area contributed by atoms with Crippen molar-refractivity contribution in [1.29, 1.82) is 0 Å². The van der Waals surface area contributed by atoms with Crippen LogP contribution in [0.25, 0.3) is 100 Å². The number of nitrogens with zero attached hydrogens (tertiary/aromatic N) is 5. The average molecular weight is 716 g/mol. The highest BCUT2D eigenvalue weighted by Crippen LogP contribution is 2.37. The van der Waals surface area contributed by atoms with Crippen molar-refractivity contribution in [3.05, 3.63) is 200 Å². The van der Waals surface area contributed by atoms with Crippen molar-refractivity contribution in [3.8, 4) is 56.7 Å². The summed E-state index contributed by atoms with van der Waals surface area (Å²) in [5.41, 5.74) is 12.1. The monoisotopic (exact) mass is 715 g/mol. The number of hydrogen-bond donors (Lipinski definition) is 0. The fourth-order valence-electron chi connectivity index (χ4n) is 8.24. The van der Waals surface area contributed by atoms with Gasteiger partial charge in [-0.15, -0.1) is 0 Å². The molecule has 3 aromatic heterocycles. The van der Waals surface area contributed by atoms with Crippen LogP contribution in [0.1, 0.15) is 0 Å². The summed E-state index contributed by atoms with van der Waals surface area (Å²) < 4.78 is 4.34. The van der Waals surface area contributed by atoms with Gasteiger partial charge in [0, 0.05) is 27.1 Å². The van der Waals surface area contributed by atoms with Crippen LogP contribution in [0, 0.1) is 0 Å². The van der Waals surface area contributed by atoms with E-state index in [0.717, 1.165) is 60.3 Å². The Kier molecular flexibility index (Phi) is 7.42. The molecule has 0 saturated carbocycles. The van der Waals surface area contributed by atoms with Crippen molar-refractivity contribution in [2.24, 2.45) is 0 Å². The lowest BCUT2D eigenvalue weighted by molar-refractivity contribution is 0.893. The Hall–Kier alpha value is -7.63. The molecule has 8 aromatic carbocycles. The molecular formula is C51H33N5. The fraction of sp³-hybridized carbons (Fsp3) is 0. The summed E-state index contributed by atoms with van der Waals surface area (Å²) >= 11 is 0. The van der Waals surface area contributed by atoms with Gasteiger partial charge in [-0.05, 0) is 63.7 Å². The molecule has 0 fully saturated rings. The first-order valence-corrected chi connectivity index (χ1v) is 18.9. The fourth-order valence-corrected chi connectivity index (χ4v) is 8.24. The van der Waals surface area contributed by atoms with Gasteiger partial charge in [0.05, 0.1) is 22.1 Å². The van der Waals surface area contributed by atoms with E-state index in [4.69, 9.17) is 15.0 Å². The molecular weight excluding hydrogens is 683 g/mol. The quantitative estimate of drug-likeness (QED) is 0.172. The van der Waals surface area contributed by atoms with E-state index >= 15 is 0 Å². The molecule has 0 aliphatic heterocycles. The largest absolute Gasteiger partial charge is 0.278 e. The van der Waals surface area contributed by atoms with Crippen molar-refractivity contribution in [2.45, 2.75) is 0 Å². The highest BCUT2D eigenvalue weighted by atomic mass is 15.3. The third-order valence-corrected chi connectivity index (χ3v) is 10.8. The van der Waals surface area contributed by atoms with Crippen molar-refractivity contribution < 1.29 is 0 Å². The van der Waals surface area contributed by atoms with Crippen LogP contribution in [-0.4, -0.2) is 24.1 Å². The molecule has 11 rings (SSSR count). The zero-order valence-corrected chi connectivity index (χ0v) is 30.3. The Balaban J connectivity index is 1.09. The second-order valence-corrected chi connectivity index (χ2v) is 14.1. The lowest BCUT2D eigenvalue weighted by Gasteiger charge is -2.14. The molecule has 0 unspecified atom stereocenters. The smallest absolute Gasteiger partial charge is 0.240 e. The van der Waals surface area contributed by atoms with Gasteiger partial charge in [0.1, 0.15) is 0 Å². The summed E-state index contributed by atoms with van der Waals surface area (Å²) in [6.07, 6.45) is 0. The predicted molar refractivity (Wildman–Crippen MR) is 230 cm³/mol. The van der Waals surface area contributed by atoms with Crippen LogP contribution in [-0.2, 0) is 0 Å². The number of fused-ring (bicyclic) bond motifs is 6. The molecule has 0 aliphatic carbocycles. The first-order valence-electron chi connectivity index (χ1n) is 18.9. The third kappa shape index (κ3) is 5.21. The summed E-state index contributed by atoms with van der Waals surface area (Å²) in [6.45, 7) is 0. The number of aromatic nitrogens is 5. The molecule has 0 saturated heterocycles. The van der Waals surface area contributed by atoms with E-state index in [2.05, 4.69) is 209 Å². The first kappa shape index (κ1) is 31.9. The van der Waals surface area contributed by atoms with E-state index in [1.54, 1.807) is 0 Å². The normalized spacial score (nSPS) is 11.6. The van der Waals surface area contributed by atoms with Crippen LogP contribution in [0.3, 0.4) is 0 Å². The van der Waals surface area contributed by atoms with Crippen LogP contribution >= 0.6 is 0 Å². The van der Waals surface area contributed by atoms with E-state index in [1.165, 1.54) is 22.3 Å². The maximum Gasteiger partial charge on any atom is 0.240 e. The second-order valence-electron chi connectivity index (χ2n) is 14.1. The van der Waals surface area contributed by atoms with Crippen LogP contribution < -0.4 is 0 Å². The van der Waals surface area contributed by atoms with Gasteiger partial charge in [-0.1, -0.05) is 170 Å². The summed E-state index contributed by atoms with van der Waals surface area (Å²) in [6, 6.07) is 70.4. The van der Waals surface area contributed by atoms with E-state index in [-0.39, 0.29) is 0 Å². The van der Waals surface area contributed by atoms with Gasteiger partial charge in [-0.3, -0.25) is 9.13 Å². The molecule has 5 heteroatoms. The molecule has 3 heterocycles. The molecule has 0 amide bonds. The van der Waals surface area contributed by atoms with Crippen molar-refractivity contribution in [3.63, 3.8) is 0 Å². The van der Waals surface area contributed by atoms with Gasteiger partial charge in [0.25, 0.3) is 0 Å². The predicted octanol–water partition coefficient (Wildman–Crippen LogP) is 12.7. The van der Waals surface area contributed by atoms with Gasteiger partial charge < -0.3 is 0 Å². The highest BCUT2D eigenvalue weighted by Gasteiger charge is 2.20. The molecule has 0 atom stereocenters. The summed E-state index contributed by atoms with van der Waals surface area (Å²) in [4.78, 5) is 15.8. The number of benzene rings is 8. The van der Waals surface area contributed by atoms with E-state index in [1.807, 2.05) is 0 Å². The Labute approximate surface area is 323 Å². The molecule has 5 nitrogen and oxygen atoms in total. The first-order chi connectivity index (χ1) is 27.8. The van der Waals surface area contributed by atoms with Crippen LogP contribution in [0.5, 0.6) is 0 Å². The number of para-hydroxylation sites is 4. The zero-order valence-electron chi connectivity index (χ0n) is 30.3. The zero-order chi connectivity index (χ0) is 37.0. The minimum atomic E-state index is 0.567. The SMILES string of the molecule is c1ccc(-c2cccc(-c3ccccc3-c3ccc(-c4nc(-n5c6ccccc6c6ccccc65)nc(-n5c6ccccc6c6ccccc65)n4)cc3)c2)cc1. The lowest BCUT2D eigenvalue weighted by Crippen LogP contribution is -2.10. The molecule has 0 radical (unpaired) electrons. The van der Waals surface area contributed by atoms with Gasteiger partial charge in [0.15, 0.2) is 5.82 Å². The van der Waals surface area contributed by atoms with Crippen molar-refractivity contribution >= 4 is 43.6 Å². The van der Waals surface area contributed by atoms with Crippen LogP contribution in [0.4, 0.5) is 0 Å². The van der Waals surface area contributed by atoms with E-state index < -0.39 is 0 Å². The standard InChI is InChI=1S/C51H33N5/c1-2-15-34(16-3-1)37-17-14-18-38(33-37)40-20-5-4-19-39(40)35-29-31-36(32-30-35)49-52-50(55-45-25-10-6-21-41(45)42-22-7-11-26-46(42)55)54-51(53-49)56-47-27-12-8-23-43(47)44-24-9-13-28-48(44)56/h1-33H. The summed E-state index contributed by atoms with van der Waals surface area (Å²) in [7, 11) is 0. The van der Waals surface area contributed by atoms with E-state index in [0.29, 0.717) is 17.7 Å². The summed E-state index contributed by atoms with van der Waals surface area (Å²) in [5.74, 6) is 1.73. The van der Waals surface area contributed by atoms with Crippen molar-refractivity contribution in [2.75, 3.05) is 0 Å². The van der Waals surface area contributed by atoms with Gasteiger partial charge in [0.2, 0.25) is 11.9 Å². The Morgan fingerprint density at radius 3 is 1.18 bits per heavy atom. The molecule has 0 N–H and O–H groups in total. The molecule has 56 heavy (non-hydrogen) atoms. The minimum Gasteiger partial charge on any atom is -0.278 e. The van der Waals surface area contributed by atoms with Crippen LogP contribution in [0.15, 0.2) is 200 Å². The van der Waals surface area contributed by atoms with E-state index in [9.17, 15) is 0 Å². The molecule has 0 spiro atoms. The second kappa shape index (κ2) is 13.0. The Bertz CT molecular complexity index is 3010. The molecule has 262 valence electrons. The Morgan fingerprint density at radius 2 is 0.661 bits per heavy atom. The maximum absolute atomic E-state index is 5.29. The minimum absolute atomic E-state index is 0.567. The topological polar surface area (TPSA) is 48.5 Å². The molecule has 11 aromatic rings. The van der Waals surface area contributed by atoms with Crippen molar-refractivity contribution in [1.82, 2.24) is 24.1 Å². The van der Waals surface area contributed by atoms with Crippen LogP contribution in [0.2, 0.25) is 0 Å². The maximum atomic E-state index is 5.29. The number of hydrogen-bond acceptors (Lipinski definition) is 3. The Morgan fingerprint density at radius 1 is 0.268 bits per heavy atom. The average Bonchev–Trinajstić information content (AvgIpc) is 3.80. The van der Waals surface area contributed by atoms with Gasteiger partial charge >= 0.3 is 0 Å². The summed E-state index contributed by atoms with van der Waals surface area (Å²) in [5, 5.41) is 4.61. The number of rotatable bonds is 6. The molecule has 0 aliphatic rings. The molecule has 0 bridgehead atoms. The van der Waals surface area contributed by atoms with Gasteiger partial charge in [-0.2, -0.15) is 15.0 Å². The highest BCUT2D eigenvalue weighted by molar-refractivity contribution is 6.10. The lowest BCUT2D eigenvalue weighted by atomic mass is 9.92.